The van der Waals surface area contributed by atoms with Gasteiger partial charge in [-0.05, 0) is 54.1 Å². The molecule has 0 heterocycles. The van der Waals surface area contributed by atoms with Crippen LogP contribution in [0.3, 0.4) is 0 Å². The second-order valence-electron chi connectivity index (χ2n) is 5.75. The number of nitrogens with one attached hydrogen (secondary N) is 2. The van der Waals surface area contributed by atoms with Crippen molar-refractivity contribution in [2.45, 2.75) is 6.42 Å². The molecule has 0 saturated carbocycles. The average molecular weight is 348 g/mol. The lowest BCUT2D eigenvalue weighted by molar-refractivity contribution is -0.115. The summed E-state index contributed by atoms with van der Waals surface area (Å²) < 4.78 is 12.9. The summed E-state index contributed by atoms with van der Waals surface area (Å²) in [6.07, 6.45) is 0.285. The van der Waals surface area contributed by atoms with Crippen LogP contribution in [0.15, 0.2) is 78.9 Å². The van der Waals surface area contributed by atoms with Crippen molar-refractivity contribution < 1.29 is 14.0 Å². The normalized spacial score (nSPS) is 10.2. The molecule has 0 unspecified atom stereocenters. The minimum atomic E-state index is -0.362. The first-order valence-corrected chi connectivity index (χ1v) is 8.11. The third-order valence-corrected chi connectivity index (χ3v) is 3.74. The smallest absolute Gasteiger partial charge is 0.255 e. The fraction of sp³-hybridized carbons (Fsp3) is 0.0476. The molecule has 0 bridgehead atoms. The van der Waals surface area contributed by atoms with E-state index in [0.717, 1.165) is 5.56 Å². The first kappa shape index (κ1) is 17.4. The number of benzene rings is 3. The Kier molecular flexibility index (Phi) is 5.39. The maximum atomic E-state index is 12.9. The van der Waals surface area contributed by atoms with Crippen LogP contribution < -0.4 is 10.6 Å². The third-order valence-electron chi connectivity index (χ3n) is 3.74. The Morgan fingerprint density at radius 2 is 1.31 bits per heavy atom. The minimum absolute atomic E-state index is 0.125. The van der Waals surface area contributed by atoms with Gasteiger partial charge in [-0.2, -0.15) is 0 Å². The molecule has 0 saturated heterocycles. The van der Waals surface area contributed by atoms with Crippen molar-refractivity contribution in [1.29, 1.82) is 0 Å². The lowest BCUT2D eigenvalue weighted by Gasteiger charge is -2.08. The number of hydrogen-bond acceptors (Lipinski definition) is 2. The van der Waals surface area contributed by atoms with Crippen molar-refractivity contribution in [3.05, 3.63) is 95.8 Å². The molecule has 0 radical (unpaired) electrons. The summed E-state index contributed by atoms with van der Waals surface area (Å²) in [6, 6.07) is 21.6. The molecule has 0 fully saturated rings. The average Bonchev–Trinajstić information content (AvgIpc) is 2.65. The Bertz CT molecular complexity index is 892. The van der Waals surface area contributed by atoms with Gasteiger partial charge in [-0.15, -0.1) is 0 Å². The van der Waals surface area contributed by atoms with Crippen LogP contribution >= 0.6 is 0 Å². The quantitative estimate of drug-likeness (QED) is 0.724. The second kappa shape index (κ2) is 8.07. The lowest BCUT2D eigenvalue weighted by Crippen LogP contribution is -2.15. The van der Waals surface area contributed by atoms with Crippen molar-refractivity contribution >= 4 is 23.2 Å². The van der Waals surface area contributed by atoms with Crippen LogP contribution in [0.2, 0.25) is 0 Å². The highest BCUT2D eigenvalue weighted by molar-refractivity contribution is 6.04. The second-order valence-corrected chi connectivity index (χ2v) is 5.75. The topological polar surface area (TPSA) is 58.2 Å². The molecular formula is C21H17FN2O2. The summed E-state index contributed by atoms with van der Waals surface area (Å²) in [5, 5.41) is 5.49. The van der Waals surface area contributed by atoms with E-state index in [1.54, 1.807) is 24.3 Å². The molecule has 0 atom stereocenters. The van der Waals surface area contributed by atoms with Crippen LogP contribution in [-0.2, 0) is 11.2 Å². The van der Waals surface area contributed by atoms with Gasteiger partial charge in [0.25, 0.3) is 5.91 Å². The van der Waals surface area contributed by atoms with Gasteiger partial charge in [0, 0.05) is 16.9 Å². The largest absolute Gasteiger partial charge is 0.326 e. The fourth-order valence-electron chi connectivity index (χ4n) is 2.43. The maximum Gasteiger partial charge on any atom is 0.255 e. The summed E-state index contributed by atoms with van der Waals surface area (Å²) >= 11 is 0. The highest BCUT2D eigenvalue weighted by Gasteiger charge is 2.08. The molecule has 3 rings (SSSR count). The number of carbonyl (C=O) groups is 2. The Balaban J connectivity index is 1.58. The molecule has 0 aliphatic rings. The molecule has 0 aliphatic heterocycles. The van der Waals surface area contributed by atoms with Crippen molar-refractivity contribution in [1.82, 2.24) is 0 Å². The van der Waals surface area contributed by atoms with Crippen molar-refractivity contribution in [3.63, 3.8) is 0 Å². The van der Waals surface area contributed by atoms with Crippen molar-refractivity contribution in [2.75, 3.05) is 10.6 Å². The number of carbonyl (C=O) groups excluding carboxylic acids is 2. The van der Waals surface area contributed by atoms with Gasteiger partial charge in [0.2, 0.25) is 5.91 Å². The summed E-state index contributed by atoms with van der Waals surface area (Å²) in [4.78, 5) is 24.2. The molecular weight excluding hydrogens is 331 g/mol. The number of hydrogen-bond donors (Lipinski definition) is 2. The first-order chi connectivity index (χ1) is 12.6. The standard InChI is InChI=1S/C21H17FN2O2/c22-17-8-12-19(13-9-17)24-21(26)16-6-10-18(11-7-16)23-20(25)14-15-4-2-1-3-5-15/h1-13H,14H2,(H,23,25)(H,24,26). The molecule has 5 heteroatoms. The van der Waals surface area contributed by atoms with Gasteiger partial charge < -0.3 is 10.6 Å². The van der Waals surface area contributed by atoms with Gasteiger partial charge in [-0.25, -0.2) is 4.39 Å². The Morgan fingerprint density at radius 1 is 0.731 bits per heavy atom. The van der Waals surface area contributed by atoms with Crippen LogP contribution in [0.1, 0.15) is 15.9 Å². The van der Waals surface area contributed by atoms with Crippen LogP contribution in [-0.4, -0.2) is 11.8 Å². The van der Waals surface area contributed by atoms with E-state index in [2.05, 4.69) is 10.6 Å². The molecule has 2 amide bonds. The summed E-state index contributed by atoms with van der Waals surface area (Å²) in [5.74, 6) is -0.794. The highest BCUT2D eigenvalue weighted by Crippen LogP contribution is 2.14. The SMILES string of the molecule is O=C(Cc1ccccc1)Nc1ccc(C(=O)Nc2ccc(F)cc2)cc1. The summed E-state index contributed by atoms with van der Waals surface area (Å²) in [5.41, 5.74) is 2.50. The van der Waals surface area contributed by atoms with Gasteiger partial charge in [-0.1, -0.05) is 30.3 Å². The molecule has 0 aromatic heterocycles. The van der Waals surface area contributed by atoms with E-state index in [0.29, 0.717) is 16.9 Å². The van der Waals surface area contributed by atoms with E-state index in [1.165, 1.54) is 24.3 Å². The fourth-order valence-corrected chi connectivity index (χ4v) is 2.43. The molecule has 2 N–H and O–H groups in total. The van der Waals surface area contributed by atoms with Crippen LogP contribution in [0, 0.1) is 5.82 Å². The van der Waals surface area contributed by atoms with Gasteiger partial charge in [0.05, 0.1) is 6.42 Å². The van der Waals surface area contributed by atoms with E-state index < -0.39 is 0 Å². The van der Waals surface area contributed by atoms with E-state index in [1.807, 2.05) is 30.3 Å². The molecule has 130 valence electrons. The summed E-state index contributed by atoms with van der Waals surface area (Å²) in [6.45, 7) is 0. The predicted molar refractivity (Wildman–Crippen MR) is 99.6 cm³/mol. The van der Waals surface area contributed by atoms with Crippen molar-refractivity contribution in [2.24, 2.45) is 0 Å². The van der Waals surface area contributed by atoms with Gasteiger partial charge in [0.15, 0.2) is 0 Å². The zero-order chi connectivity index (χ0) is 18.4. The number of halogens is 1. The highest BCUT2D eigenvalue weighted by atomic mass is 19.1. The van der Waals surface area contributed by atoms with Gasteiger partial charge in [0.1, 0.15) is 5.82 Å². The summed E-state index contributed by atoms with van der Waals surface area (Å²) in [7, 11) is 0. The van der Waals surface area contributed by atoms with Crippen LogP contribution in [0.25, 0.3) is 0 Å². The molecule has 3 aromatic rings. The van der Waals surface area contributed by atoms with Gasteiger partial charge in [-0.3, -0.25) is 9.59 Å². The molecule has 26 heavy (non-hydrogen) atoms. The molecule has 4 nitrogen and oxygen atoms in total. The minimum Gasteiger partial charge on any atom is -0.326 e. The molecule has 3 aromatic carbocycles. The monoisotopic (exact) mass is 348 g/mol. The van der Waals surface area contributed by atoms with Crippen LogP contribution in [0.5, 0.6) is 0 Å². The number of rotatable bonds is 5. The van der Waals surface area contributed by atoms with E-state index >= 15 is 0 Å². The Hall–Kier alpha value is -3.47. The predicted octanol–water partition coefficient (Wildman–Crippen LogP) is 4.26. The van der Waals surface area contributed by atoms with E-state index in [4.69, 9.17) is 0 Å². The Morgan fingerprint density at radius 3 is 1.96 bits per heavy atom. The van der Waals surface area contributed by atoms with Gasteiger partial charge >= 0.3 is 0 Å². The zero-order valence-electron chi connectivity index (χ0n) is 13.9. The number of anilines is 2. The zero-order valence-corrected chi connectivity index (χ0v) is 13.9. The first-order valence-electron chi connectivity index (χ1n) is 8.11. The molecule has 0 spiro atoms. The third kappa shape index (κ3) is 4.77. The van der Waals surface area contributed by atoms with Crippen LogP contribution in [0.4, 0.5) is 15.8 Å². The van der Waals surface area contributed by atoms with E-state index in [9.17, 15) is 14.0 Å². The maximum absolute atomic E-state index is 12.9. The van der Waals surface area contributed by atoms with Crippen molar-refractivity contribution in [3.8, 4) is 0 Å². The Labute approximate surface area is 150 Å². The lowest BCUT2D eigenvalue weighted by atomic mass is 10.1. The molecule has 0 aliphatic carbocycles. The number of amides is 2. The van der Waals surface area contributed by atoms with E-state index in [-0.39, 0.29) is 24.1 Å².